The van der Waals surface area contributed by atoms with Gasteiger partial charge in [0.1, 0.15) is 5.78 Å². The fourth-order valence-electron chi connectivity index (χ4n) is 4.84. The maximum atomic E-state index is 10.7. The van der Waals surface area contributed by atoms with E-state index in [2.05, 4.69) is 61.2 Å². The van der Waals surface area contributed by atoms with Gasteiger partial charge in [-0.05, 0) is 83.3 Å². The topological polar surface area (TPSA) is 191 Å². The van der Waals surface area contributed by atoms with Crippen molar-refractivity contribution in [1.29, 1.82) is 5.26 Å². The highest BCUT2D eigenvalue weighted by Gasteiger charge is 2.01. The van der Waals surface area contributed by atoms with Crippen molar-refractivity contribution in [2.45, 2.75) is 108 Å². The van der Waals surface area contributed by atoms with Gasteiger partial charge in [0.05, 0.1) is 18.9 Å². The number of carboxylic acids is 1. The van der Waals surface area contributed by atoms with Crippen molar-refractivity contribution in [3.05, 3.63) is 142 Å². The van der Waals surface area contributed by atoms with E-state index in [4.69, 9.17) is 16.1 Å². The van der Waals surface area contributed by atoms with Gasteiger partial charge in [0.2, 0.25) is 0 Å². The van der Waals surface area contributed by atoms with Gasteiger partial charge in [-0.15, -0.1) is 0 Å². The number of carbonyl (C=O) groups is 4. The van der Waals surface area contributed by atoms with E-state index in [1.54, 1.807) is 6.92 Å². The van der Waals surface area contributed by atoms with Gasteiger partial charge in [-0.1, -0.05) is 141 Å². The van der Waals surface area contributed by atoms with Gasteiger partial charge in [-0.25, -0.2) is 0 Å². The highest BCUT2D eigenvalue weighted by molar-refractivity contribution is 5.82. The molecule has 1 unspecified atom stereocenters. The average Bonchev–Trinajstić information content (AvgIpc) is 3.06. The van der Waals surface area contributed by atoms with Gasteiger partial charge in [0.25, 0.3) is 0 Å². The zero-order chi connectivity index (χ0) is 42.2. The number of Topliss-reactive ketones (excluding diaryl/α,β-unsaturated/α-hetero) is 1. The first-order valence-corrected chi connectivity index (χ1v) is 18.4. The highest BCUT2D eigenvalue weighted by Crippen LogP contribution is 2.07. The highest BCUT2D eigenvalue weighted by atomic mass is 16.6. The summed E-state index contributed by atoms with van der Waals surface area (Å²) >= 11 is 0. The summed E-state index contributed by atoms with van der Waals surface area (Å²) in [4.78, 5) is 40.6. The van der Waals surface area contributed by atoms with Crippen molar-refractivity contribution < 1.29 is 34.5 Å². The molecule has 0 bridgehead atoms. The second-order valence-corrected chi connectivity index (χ2v) is 12.9. The maximum absolute atomic E-state index is 10.7. The van der Waals surface area contributed by atoms with Crippen LogP contribution in [0.15, 0.2) is 97.1 Å². The molecule has 0 saturated heterocycles. The minimum absolute atomic E-state index is 0. The van der Waals surface area contributed by atoms with E-state index in [1.807, 2.05) is 100 Å². The summed E-state index contributed by atoms with van der Waals surface area (Å²) < 4.78 is 3.97. The van der Waals surface area contributed by atoms with E-state index in [0.29, 0.717) is 18.9 Å². The number of aliphatic carboxylic acids is 1. The molecule has 10 heteroatoms. The fourth-order valence-corrected chi connectivity index (χ4v) is 4.84. The average molecular weight is 788 g/mol. The molecule has 0 aliphatic heterocycles. The number of rotatable bonds is 9. The molecule has 0 aromatic heterocycles. The molecule has 0 saturated carbocycles. The molecule has 4 aromatic carbocycles. The summed E-state index contributed by atoms with van der Waals surface area (Å²) in [6.07, 6.45) is 2.31. The predicted octanol–water partition coefficient (Wildman–Crippen LogP) is 8.22. The smallest absolute Gasteiger partial charge is 0.310 e. The van der Waals surface area contributed by atoms with Crippen molar-refractivity contribution in [1.82, 2.24) is 5.32 Å². The first-order valence-electron chi connectivity index (χ1n) is 18.4. The number of aryl methyl sites for hydroxylation is 4. The first-order chi connectivity index (χ1) is 25.9. The van der Waals surface area contributed by atoms with E-state index in [0.717, 1.165) is 41.8 Å². The van der Waals surface area contributed by atoms with E-state index in [-0.39, 0.29) is 25.1 Å². The van der Waals surface area contributed by atoms with Gasteiger partial charge >= 0.3 is 17.9 Å². The molecular weight excluding hydrogens is 719 g/mol. The number of hydrogen-bond acceptors (Lipinski definition) is 8. The van der Waals surface area contributed by atoms with Crippen molar-refractivity contribution in [3.8, 4) is 6.07 Å². The van der Waals surface area contributed by atoms with Crippen molar-refractivity contribution in [2.24, 2.45) is 5.73 Å². The number of nitrogens with zero attached hydrogens (tertiary/aromatic N) is 1. The third-order valence-corrected chi connectivity index (χ3v) is 6.80. The number of nitrogens with two attached hydrogens (primary N) is 1. The second kappa shape index (κ2) is 36.2. The van der Waals surface area contributed by atoms with E-state index >= 15 is 0 Å². The lowest BCUT2D eigenvalue weighted by Gasteiger charge is -2.12. The number of carbonyl (C=O) groups excluding carboxylic acids is 3. The van der Waals surface area contributed by atoms with Crippen LogP contribution in [0.3, 0.4) is 0 Å². The largest absolute Gasteiger partial charge is 0.481 e. The molecule has 0 fully saturated rings. The van der Waals surface area contributed by atoms with Crippen LogP contribution in [0.1, 0.15) is 93.5 Å². The Bertz CT molecular complexity index is 1680. The molecule has 0 heterocycles. The van der Waals surface area contributed by atoms with E-state index in [1.165, 1.54) is 36.1 Å². The number of ketones is 1. The number of carboxylic acid groups (broad SMARTS) is 1. The Morgan fingerprint density at radius 1 is 0.702 bits per heavy atom. The minimum atomic E-state index is -0.782. The summed E-state index contributed by atoms with van der Waals surface area (Å²) in [7, 11) is 0. The Balaban J connectivity index is -0.000000303. The SMILES string of the molecule is C.CC(=O)Cc1cccc(C)c1.CC(=O)OC(C)=O.CCN.CCNC(C)Cc1cccc(C)c1.Cc1cccc(CC#N)c1.Cc1cccc(CC(=O)O)c1.O. The molecular formula is C47H69N3O7. The second-order valence-electron chi connectivity index (χ2n) is 12.9. The monoisotopic (exact) mass is 788 g/mol. The van der Waals surface area contributed by atoms with E-state index in [9.17, 15) is 19.2 Å². The summed E-state index contributed by atoms with van der Waals surface area (Å²) in [6, 6.07) is 35.0. The third kappa shape index (κ3) is 37.2. The number of hydrogen-bond donors (Lipinski definition) is 3. The normalized spacial score (nSPS) is 9.44. The van der Waals surface area contributed by atoms with Crippen LogP contribution in [0.5, 0.6) is 0 Å². The molecule has 314 valence electrons. The number of ether oxygens (including phenoxy) is 1. The molecule has 4 rings (SSSR count). The predicted molar refractivity (Wildman–Crippen MR) is 234 cm³/mol. The Labute approximate surface area is 342 Å². The van der Waals surface area contributed by atoms with E-state index < -0.39 is 17.9 Å². The Morgan fingerprint density at radius 2 is 1.05 bits per heavy atom. The minimum Gasteiger partial charge on any atom is -0.481 e. The number of nitriles is 1. The molecule has 1 atom stereocenters. The van der Waals surface area contributed by atoms with Crippen LogP contribution in [0, 0.1) is 39.0 Å². The van der Waals surface area contributed by atoms with Crippen LogP contribution in [0.2, 0.25) is 0 Å². The number of esters is 2. The zero-order valence-corrected chi connectivity index (χ0v) is 35.1. The van der Waals surface area contributed by atoms with Crippen LogP contribution in [0.4, 0.5) is 0 Å². The van der Waals surface area contributed by atoms with Crippen molar-refractivity contribution in [3.63, 3.8) is 0 Å². The number of nitrogens with one attached hydrogen (secondary N) is 1. The van der Waals surface area contributed by atoms with Gasteiger partial charge in [-0.3, -0.25) is 19.2 Å². The molecule has 6 N–H and O–H groups in total. The molecule has 0 aliphatic rings. The molecule has 0 spiro atoms. The Hall–Kier alpha value is -5.47. The van der Waals surface area contributed by atoms with Crippen LogP contribution >= 0.6 is 0 Å². The standard InChI is InChI=1S/C12H19N.C10H12O.C9H9N.C9H10O2.C4H6O3.C2H7N.CH4.H2O/c1-4-13-11(3)9-12-7-5-6-10(2)8-12;1-8-4-3-5-10(6-8)7-9(2)11;1-8-3-2-4-9(7-8)5-6-10;1-7-3-2-4-8(5-7)6-9(10)11;1-3(5)7-4(2)6;1-2-3;;/h5-8,11,13H,4,9H2,1-3H3;3-6H,7H2,1-2H3;2-4,7H,5H2,1H3;2-5H,6H2,1H3,(H,10,11);1-2H3;2-3H2,1H3;1H4;1H2. The molecule has 10 nitrogen and oxygen atoms in total. The first kappa shape index (κ1) is 58.2. The summed E-state index contributed by atoms with van der Waals surface area (Å²) in [6.45, 7) is 20.2. The zero-order valence-electron chi connectivity index (χ0n) is 35.1. The summed E-state index contributed by atoms with van der Waals surface area (Å²) in [5, 5.41) is 20.2. The van der Waals surface area contributed by atoms with Crippen LogP contribution < -0.4 is 11.1 Å². The maximum Gasteiger partial charge on any atom is 0.310 e. The molecule has 57 heavy (non-hydrogen) atoms. The number of benzene rings is 4. The summed E-state index contributed by atoms with van der Waals surface area (Å²) in [5.74, 6) is -1.69. The lowest BCUT2D eigenvalue weighted by atomic mass is 10.1. The molecule has 0 radical (unpaired) electrons. The van der Waals surface area contributed by atoms with Crippen molar-refractivity contribution >= 4 is 23.7 Å². The molecule has 0 aliphatic carbocycles. The van der Waals surface area contributed by atoms with Crippen LogP contribution in [-0.4, -0.2) is 53.4 Å². The third-order valence-electron chi connectivity index (χ3n) is 6.80. The molecule has 0 amide bonds. The Morgan fingerprint density at radius 3 is 1.37 bits per heavy atom. The van der Waals surface area contributed by atoms with Crippen molar-refractivity contribution in [2.75, 3.05) is 13.1 Å². The lowest BCUT2D eigenvalue weighted by Crippen LogP contribution is -2.27. The number of likely N-dealkylation sites (N-methyl/N-ethyl adjacent to an activating group) is 1. The van der Waals surface area contributed by atoms with Gasteiger partial charge in [0.15, 0.2) is 0 Å². The van der Waals surface area contributed by atoms with Gasteiger partial charge in [-0.2, -0.15) is 5.26 Å². The van der Waals surface area contributed by atoms with Crippen LogP contribution in [-0.2, 0) is 49.6 Å². The fraction of sp³-hybridized carbons (Fsp3) is 0.383. The lowest BCUT2D eigenvalue weighted by molar-refractivity contribution is -0.156. The Kier molecular flexibility index (Phi) is 37.0. The summed E-state index contributed by atoms with van der Waals surface area (Å²) in [5.41, 5.74) is 14.2. The molecule has 4 aromatic rings. The quantitative estimate of drug-likeness (QED) is 0.111. The van der Waals surface area contributed by atoms with Crippen LogP contribution in [0.25, 0.3) is 0 Å². The van der Waals surface area contributed by atoms with Gasteiger partial charge in [0, 0.05) is 26.3 Å². The van der Waals surface area contributed by atoms with Gasteiger partial charge < -0.3 is 26.4 Å².